The summed E-state index contributed by atoms with van der Waals surface area (Å²) in [6.45, 7) is 0. The molecule has 0 radical (unpaired) electrons. The lowest BCUT2D eigenvalue weighted by Gasteiger charge is -2.00. The Hall–Kier alpha value is -1.80. The zero-order valence-electron chi connectivity index (χ0n) is 9.02. The summed E-state index contributed by atoms with van der Waals surface area (Å²) in [4.78, 5) is 18.1. The van der Waals surface area contributed by atoms with Crippen LogP contribution in [0.1, 0.15) is 0 Å². The highest BCUT2D eigenvalue weighted by molar-refractivity contribution is 8.76. The maximum absolute atomic E-state index is 10.5. The molecule has 2 rings (SSSR count). The molecule has 0 unspecified atom stereocenters. The third-order valence-electron chi connectivity index (χ3n) is 1.90. The molecule has 2 aromatic rings. The van der Waals surface area contributed by atoms with Gasteiger partial charge in [0.2, 0.25) is 0 Å². The highest BCUT2D eigenvalue weighted by Crippen LogP contribution is 2.35. The molecule has 0 bridgehead atoms. The highest BCUT2D eigenvalue weighted by atomic mass is 33.1. The molecular formula is C10H8N4O2S2. The third kappa shape index (κ3) is 3.34. The van der Waals surface area contributed by atoms with Gasteiger partial charge >= 0.3 is 0 Å². The van der Waals surface area contributed by atoms with E-state index in [-0.39, 0.29) is 5.69 Å². The molecule has 2 heterocycles. The van der Waals surface area contributed by atoms with Gasteiger partial charge < -0.3 is 5.73 Å². The summed E-state index contributed by atoms with van der Waals surface area (Å²) in [5.41, 5.74) is 6.11. The molecule has 0 saturated carbocycles. The fraction of sp³-hybridized carbons (Fsp3) is 0. The summed E-state index contributed by atoms with van der Waals surface area (Å²) in [5, 5.41) is 11.9. The van der Waals surface area contributed by atoms with E-state index in [1.807, 2.05) is 0 Å². The number of hydrogen-bond donors (Lipinski definition) is 1. The van der Waals surface area contributed by atoms with Crippen LogP contribution in [-0.4, -0.2) is 14.9 Å². The SMILES string of the molecule is Nc1ccc(SSc2ccc([N+](=O)[O-])cn2)nc1. The van der Waals surface area contributed by atoms with Gasteiger partial charge in [-0.15, -0.1) is 0 Å². The Morgan fingerprint density at radius 3 is 2.11 bits per heavy atom. The van der Waals surface area contributed by atoms with Crippen molar-refractivity contribution in [1.82, 2.24) is 9.97 Å². The summed E-state index contributed by atoms with van der Waals surface area (Å²) in [6, 6.07) is 6.59. The summed E-state index contributed by atoms with van der Waals surface area (Å²) in [7, 11) is 2.79. The fourth-order valence-electron chi connectivity index (χ4n) is 1.06. The molecule has 92 valence electrons. The lowest BCUT2D eigenvalue weighted by molar-refractivity contribution is -0.385. The predicted octanol–water partition coefficient (Wildman–Crippen LogP) is 2.77. The second-order valence-electron chi connectivity index (χ2n) is 3.21. The van der Waals surface area contributed by atoms with E-state index >= 15 is 0 Å². The van der Waals surface area contributed by atoms with Crippen LogP contribution in [0.15, 0.2) is 46.7 Å². The Bertz CT molecular complexity index is 545. The molecule has 8 heteroatoms. The minimum atomic E-state index is -0.476. The van der Waals surface area contributed by atoms with Gasteiger partial charge in [0.15, 0.2) is 0 Å². The van der Waals surface area contributed by atoms with E-state index in [2.05, 4.69) is 9.97 Å². The van der Waals surface area contributed by atoms with Gasteiger partial charge in [0.25, 0.3) is 5.69 Å². The van der Waals surface area contributed by atoms with Crippen LogP contribution in [0.2, 0.25) is 0 Å². The van der Waals surface area contributed by atoms with Gasteiger partial charge in [-0.25, -0.2) is 9.97 Å². The highest BCUT2D eigenvalue weighted by Gasteiger charge is 2.06. The smallest absolute Gasteiger partial charge is 0.287 e. The number of anilines is 1. The van der Waals surface area contributed by atoms with Crippen LogP contribution in [0.25, 0.3) is 0 Å². The van der Waals surface area contributed by atoms with Crippen LogP contribution in [0.3, 0.4) is 0 Å². The minimum Gasteiger partial charge on any atom is -0.397 e. The fourth-order valence-corrected chi connectivity index (χ4v) is 2.77. The maximum atomic E-state index is 10.5. The van der Waals surface area contributed by atoms with Crippen LogP contribution in [0.5, 0.6) is 0 Å². The molecule has 0 aliphatic carbocycles. The summed E-state index contributed by atoms with van der Waals surface area (Å²) in [5.74, 6) is 0. The van der Waals surface area contributed by atoms with Crippen molar-refractivity contribution in [2.75, 3.05) is 5.73 Å². The van der Waals surface area contributed by atoms with Crippen molar-refractivity contribution in [2.45, 2.75) is 10.1 Å². The molecule has 0 spiro atoms. The van der Waals surface area contributed by atoms with Crippen LogP contribution in [0, 0.1) is 10.1 Å². The van der Waals surface area contributed by atoms with Crippen molar-refractivity contribution in [3.63, 3.8) is 0 Å². The Kier molecular flexibility index (Phi) is 4.00. The Balaban J connectivity index is 1.97. The number of hydrogen-bond acceptors (Lipinski definition) is 7. The van der Waals surface area contributed by atoms with Crippen LogP contribution >= 0.6 is 21.6 Å². The number of nitro groups is 1. The average molecular weight is 280 g/mol. The van der Waals surface area contributed by atoms with Crippen molar-refractivity contribution in [3.8, 4) is 0 Å². The van der Waals surface area contributed by atoms with E-state index in [9.17, 15) is 10.1 Å². The van der Waals surface area contributed by atoms with Crippen molar-refractivity contribution in [1.29, 1.82) is 0 Å². The maximum Gasteiger partial charge on any atom is 0.287 e. The molecule has 0 aliphatic heterocycles. The molecule has 0 aliphatic rings. The molecule has 6 nitrogen and oxygen atoms in total. The Labute approximate surface area is 111 Å². The van der Waals surface area contributed by atoms with Gasteiger partial charge in [-0.1, -0.05) is 0 Å². The molecule has 2 aromatic heterocycles. The van der Waals surface area contributed by atoms with Crippen LogP contribution in [0.4, 0.5) is 11.4 Å². The third-order valence-corrected chi connectivity index (χ3v) is 4.09. The summed E-state index contributed by atoms with van der Waals surface area (Å²) in [6.07, 6.45) is 2.81. The lowest BCUT2D eigenvalue weighted by atomic mass is 10.4. The number of nitrogen functional groups attached to an aromatic ring is 1. The normalized spacial score (nSPS) is 10.2. The van der Waals surface area contributed by atoms with E-state index in [0.29, 0.717) is 10.7 Å². The molecule has 0 aromatic carbocycles. The quantitative estimate of drug-likeness (QED) is 0.522. The first-order valence-corrected chi connectivity index (χ1v) is 6.96. The second-order valence-corrected chi connectivity index (χ2v) is 5.38. The largest absolute Gasteiger partial charge is 0.397 e. The Morgan fingerprint density at radius 2 is 1.67 bits per heavy atom. The second kappa shape index (κ2) is 5.69. The predicted molar refractivity (Wildman–Crippen MR) is 71.3 cm³/mol. The van der Waals surface area contributed by atoms with Gasteiger partial charge in [-0.2, -0.15) is 0 Å². The van der Waals surface area contributed by atoms with E-state index in [1.54, 1.807) is 24.4 Å². The van der Waals surface area contributed by atoms with Crippen molar-refractivity contribution in [3.05, 3.63) is 46.8 Å². The number of pyridine rings is 2. The van der Waals surface area contributed by atoms with Crippen molar-refractivity contribution in [2.24, 2.45) is 0 Å². The minimum absolute atomic E-state index is 0.0186. The zero-order valence-corrected chi connectivity index (χ0v) is 10.6. The van der Waals surface area contributed by atoms with Crippen LogP contribution in [-0.2, 0) is 0 Å². The summed E-state index contributed by atoms with van der Waals surface area (Å²) < 4.78 is 0. The lowest BCUT2D eigenvalue weighted by Crippen LogP contribution is -1.88. The van der Waals surface area contributed by atoms with Crippen molar-refractivity contribution >= 4 is 33.0 Å². The number of nitrogens with two attached hydrogens (primary N) is 1. The van der Waals surface area contributed by atoms with E-state index in [0.717, 1.165) is 5.03 Å². The first-order valence-electron chi connectivity index (χ1n) is 4.81. The van der Waals surface area contributed by atoms with Gasteiger partial charge in [-0.3, -0.25) is 10.1 Å². The van der Waals surface area contributed by atoms with Gasteiger partial charge in [-0.05, 0) is 39.8 Å². The first kappa shape index (κ1) is 12.7. The monoisotopic (exact) mass is 280 g/mol. The molecular weight excluding hydrogens is 272 g/mol. The van der Waals surface area contributed by atoms with Gasteiger partial charge in [0.1, 0.15) is 16.2 Å². The van der Waals surface area contributed by atoms with Crippen molar-refractivity contribution < 1.29 is 4.92 Å². The molecule has 0 amide bonds. The van der Waals surface area contributed by atoms with E-state index < -0.39 is 4.92 Å². The number of nitrogens with zero attached hydrogens (tertiary/aromatic N) is 3. The van der Waals surface area contributed by atoms with Gasteiger partial charge in [0.05, 0.1) is 16.8 Å². The number of rotatable bonds is 4. The first-order chi connectivity index (χ1) is 8.65. The summed E-state index contributed by atoms with van der Waals surface area (Å²) >= 11 is 0. The molecule has 0 atom stereocenters. The standard InChI is InChI=1S/C10H8N4O2S2/c11-7-1-3-9(12-5-7)17-18-10-4-2-8(6-13-10)14(15)16/h1-6H,11H2. The zero-order chi connectivity index (χ0) is 13.0. The molecule has 18 heavy (non-hydrogen) atoms. The van der Waals surface area contributed by atoms with Crippen LogP contribution < -0.4 is 5.73 Å². The Morgan fingerprint density at radius 1 is 1.06 bits per heavy atom. The number of aromatic nitrogens is 2. The molecule has 0 saturated heterocycles. The topological polar surface area (TPSA) is 94.9 Å². The average Bonchev–Trinajstić information content (AvgIpc) is 2.38. The van der Waals surface area contributed by atoms with Gasteiger partial charge in [0, 0.05) is 6.07 Å². The van der Waals surface area contributed by atoms with E-state index in [4.69, 9.17) is 5.73 Å². The molecule has 0 fully saturated rings. The molecule has 2 N–H and O–H groups in total. The van der Waals surface area contributed by atoms with E-state index in [1.165, 1.54) is 33.9 Å².